The normalized spacial score (nSPS) is 24.1. The fourth-order valence-corrected chi connectivity index (χ4v) is 10.4. The Morgan fingerprint density at radius 1 is 1.36 bits per heavy atom. The maximum absolute atomic E-state index is 10.5. The van der Waals surface area contributed by atoms with E-state index in [0.29, 0.717) is 11.3 Å². The number of hydrogen-bond acceptors (Lipinski definition) is 8. The molecule has 1 heterocycles. The molecule has 0 aromatic heterocycles. The molecule has 0 saturated carbocycles. The molecule has 1 saturated heterocycles. The Bertz CT molecular complexity index is 560. The third kappa shape index (κ3) is 4.66. The van der Waals surface area contributed by atoms with Gasteiger partial charge >= 0.3 is 152 Å². The number of nitrogens with two attached hydrogens (primary N) is 3. The first kappa shape index (κ1) is 21.8. The zero-order valence-electron chi connectivity index (χ0n) is 14.5. The zero-order chi connectivity index (χ0) is 18.7. The van der Waals surface area contributed by atoms with Gasteiger partial charge in [0.05, 0.1) is 0 Å². The number of benzene rings is 1. The van der Waals surface area contributed by atoms with E-state index in [1.165, 1.54) is 7.11 Å². The van der Waals surface area contributed by atoms with Crippen LogP contribution >= 0.6 is 31.6 Å². The molecule has 25 heavy (non-hydrogen) atoms. The van der Waals surface area contributed by atoms with Crippen molar-refractivity contribution in [2.24, 2.45) is 16.5 Å². The third-order valence-electron chi connectivity index (χ3n) is 4.18. The molecule has 0 aliphatic carbocycles. The molecular formula is C13H27N3O5P4. The van der Waals surface area contributed by atoms with Crippen LogP contribution in [0.3, 0.4) is 0 Å². The predicted molar refractivity (Wildman–Crippen MR) is 108 cm³/mol. The molecule has 8 nitrogen and oxygen atoms in total. The van der Waals surface area contributed by atoms with Crippen molar-refractivity contribution in [2.45, 2.75) is 31.5 Å². The van der Waals surface area contributed by atoms with Crippen LogP contribution in [0.15, 0.2) is 24.3 Å². The van der Waals surface area contributed by atoms with Crippen molar-refractivity contribution in [1.82, 2.24) is 0 Å². The molecule has 0 spiro atoms. The van der Waals surface area contributed by atoms with E-state index >= 15 is 0 Å². The molecule has 12 heteroatoms. The van der Waals surface area contributed by atoms with Crippen LogP contribution in [0.25, 0.3) is 0 Å². The first-order chi connectivity index (χ1) is 11.8. The standard InChI is InChI=1S/C13H27N3O5P4/c1-4-13(2,23(15)24(16)22-14)21-11-7-5-10(6-8-11)12(17)25(18-3)19-9-20-25/h5-8,12,17,22,25H,4,9,14-16H2,1-3H3. The van der Waals surface area contributed by atoms with Crippen molar-refractivity contribution >= 4 is 31.6 Å². The van der Waals surface area contributed by atoms with E-state index in [1.807, 2.05) is 13.8 Å². The second kappa shape index (κ2) is 9.10. The molecule has 1 aliphatic heterocycles. The van der Waals surface area contributed by atoms with Crippen molar-refractivity contribution in [3.63, 3.8) is 0 Å². The van der Waals surface area contributed by atoms with Crippen LogP contribution in [-0.2, 0) is 13.6 Å². The molecular weight excluding hydrogens is 402 g/mol. The average molecular weight is 429 g/mol. The van der Waals surface area contributed by atoms with E-state index in [4.69, 9.17) is 34.8 Å². The van der Waals surface area contributed by atoms with Crippen molar-refractivity contribution in [1.29, 1.82) is 0 Å². The summed E-state index contributed by atoms with van der Waals surface area (Å²) in [6.07, 6.45) is 0.724. The minimum atomic E-state index is -3.00. The Kier molecular flexibility index (Phi) is 7.92. The second-order valence-corrected chi connectivity index (χ2v) is 16.9. The summed E-state index contributed by atoms with van der Waals surface area (Å²) in [6, 6.07) is 7.11. The number of aliphatic hydroxyl groups excluding tert-OH is 1. The molecule has 7 N–H and O–H groups in total. The van der Waals surface area contributed by atoms with E-state index in [0.717, 1.165) is 6.42 Å². The Labute approximate surface area is 152 Å². The van der Waals surface area contributed by atoms with E-state index in [1.54, 1.807) is 24.3 Å². The summed E-state index contributed by atoms with van der Waals surface area (Å²) < 4.78 is 22.1. The Balaban J connectivity index is 2.11. The zero-order valence-corrected chi connectivity index (χ0v) is 18.3. The summed E-state index contributed by atoms with van der Waals surface area (Å²) in [5, 5.41) is 9.90. The monoisotopic (exact) mass is 429 g/mol. The van der Waals surface area contributed by atoms with Gasteiger partial charge in [0.25, 0.3) is 0 Å². The predicted octanol–water partition coefficient (Wildman–Crippen LogP) is 3.42. The van der Waals surface area contributed by atoms with E-state index < -0.39 is 34.3 Å². The molecule has 2 rings (SSSR count). The van der Waals surface area contributed by atoms with Gasteiger partial charge in [0.15, 0.2) is 0 Å². The Morgan fingerprint density at radius 2 is 1.96 bits per heavy atom. The van der Waals surface area contributed by atoms with Crippen LogP contribution in [0.2, 0.25) is 0 Å². The molecule has 5 atom stereocenters. The summed E-state index contributed by atoms with van der Waals surface area (Å²) in [7, 11) is -3.34. The number of aliphatic hydroxyl groups is 1. The Morgan fingerprint density at radius 3 is 2.36 bits per heavy atom. The van der Waals surface area contributed by atoms with Gasteiger partial charge in [-0.25, -0.2) is 0 Å². The van der Waals surface area contributed by atoms with E-state index in [-0.39, 0.29) is 15.2 Å². The summed E-state index contributed by atoms with van der Waals surface area (Å²) in [4.78, 5) is 0. The molecule has 0 radical (unpaired) electrons. The second-order valence-electron chi connectivity index (χ2n) is 5.63. The first-order valence-corrected chi connectivity index (χ1v) is 14.9. The van der Waals surface area contributed by atoms with Gasteiger partial charge in [-0.15, -0.1) is 0 Å². The number of hydrogen-bond donors (Lipinski definition) is 4. The van der Waals surface area contributed by atoms with Gasteiger partial charge in [-0.1, -0.05) is 0 Å². The number of ether oxygens (including phenoxy) is 1. The fourth-order valence-electron chi connectivity index (χ4n) is 2.31. The first-order valence-electron chi connectivity index (χ1n) is 7.68. The van der Waals surface area contributed by atoms with Crippen LogP contribution in [0.1, 0.15) is 31.7 Å². The topological polar surface area (TPSA) is 135 Å². The van der Waals surface area contributed by atoms with Gasteiger partial charge in [-0.2, -0.15) is 0 Å². The van der Waals surface area contributed by atoms with Gasteiger partial charge < -0.3 is 0 Å². The molecule has 144 valence electrons. The fraction of sp³-hybridized carbons (Fsp3) is 0.538. The van der Waals surface area contributed by atoms with Crippen LogP contribution in [0.5, 0.6) is 5.75 Å². The van der Waals surface area contributed by atoms with Gasteiger partial charge in [0.1, 0.15) is 0 Å². The van der Waals surface area contributed by atoms with Gasteiger partial charge in [-0.3, -0.25) is 0 Å². The van der Waals surface area contributed by atoms with Gasteiger partial charge in [-0.05, 0) is 0 Å². The summed E-state index contributed by atoms with van der Waals surface area (Å²) in [5.74, 6) is -0.273. The van der Waals surface area contributed by atoms with E-state index in [2.05, 4.69) is 0 Å². The third-order valence-corrected chi connectivity index (χ3v) is 15.3. The summed E-state index contributed by atoms with van der Waals surface area (Å²) in [5.41, 5.74) is 18.8. The van der Waals surface area contributed by atoms with Crippen LogP contribution < -0.4 is 21.2 Å². The SMILES string of the molecule is CCC(C)(Oc1ccc(C(O)[PH]2(OC)OCO2)cc1)P(N)P(N)PN. The van der Waals surface area contributed by atoms with Gasteiger partial charge in [0.2, 0.25) is 0 Å². The molecule has 1 fully saturated rings. The quantitative estimate of drug-likeness (QED) is 0.439. The van der Waals surface area contributed by atoms with Crippen molar-refractivity contribution in [3.05, 3.63) is 29.8 Å². The Hall–Kier alpha value is 0.460. The summed E-state index contributed by atoms with van der Waals surface area (Å²) in [6.45, 7) is 4.13. The van der Waals surface area contributed by atoms with Crippen molar-refractivity contribution < 1.29 is 23.4 Å². The number of rotatable bonds is 9. The van der Waals surface area contributed by atoms with E-state index in [9.17, 15) is 5.11 Å². The molecule has 1 aliphatic rings. The van der Waals surface area contributed by atoms with Crippen LogP contribution in [0, 0.1) is 0 Å². The molecule has 0 bridgehead atoms. The van der Waals surface area contributed by atoms with Gasteiger partial charge in [0, 0.05) is 0 Å². The van der Waals surface area contributed by atoms with Crippen molar-refractivity contribution in [2.75, 3.05) is 13.9 Å². The average Bonchev–Trinajstić information content (AvgIpc) is 2.60. The van der Waals surface area contributed by atoms with Crippen LogP contribution in [-0.4, -0.2) is 24.4 Å². The molecule has 0 amide bonds. The molecule has 1 aromatic rings. The summed E-state index contributed by atoms with van der Waals surface area (Å²) >= 11 is 0. The minimum absolute atomic E-state index is 0.140. The maximum atomic E-state index is 10.5. The molecule has 1 aromatic carbocycles. The van der Waals surface area contributed by atoms with Crippen LogP contribution in [0.4, 0.5) is 0 Å². The molecule has 5 unspecified atom stereocenters. The van der Waals surface area contributed by atoms with Crippen molar-refractivity contribution in [3.8, 4) is 5.75 Å².